The number of nitrogens with one attached hydrogen (secondary N) is 1. The molecule has 4 heteroatoms. The van der Waals surface area contributed by atoms with Crippen molar-refractivity contribution < 1.29 is 4.42 Å². The lowest BCUT2D eigenvalue weighted by Gasteiger charge is -2.13. The molecular weight excluding hydrogens is 220 g/mol. The minimum Gasteiger partial charge on any atom is -0.472 e. The maximum atomic E-state index is 5.04. The van der Waals surface area contributed by atoms with Crippen LogP contribution in [0.25, 0.3) is 0 Å². The summed E-state index contributed by atoms with van der Waals surface area (Å²) in [6, 6.07) is 2.32. The SMILES string of the molecule is CCC(NCc1ccoc1)c1ncc(C)s1. The first-order chi connectivity index (χ1) is 7.79. The third kappa shape index (κ3) is 2.71. The lowest BCUT2D eigenvalue weighted by molar-refractivity contribution is 0.510. The van der Waals surface area contributed by atoms with Crippen LogP contribution in [0.15, 0.2) is 29.2 Å². The van der Waals surface area contributed by atoms with E-state index in [0.29, 0.717) is 6.04 Å². The molecule has 1 unspecified atom stereocenters. The van der Waals surface area contributed by atoms with Crippen LogP contribution in [0.1, 0.15) is 34.8 Å². The van der Waals surface area contributed by atoms with Crippen LogP contribution < -0.4 is 5.32 Å². The van der Waals surface area contributed by atoms with E-state index in [4.69, 9.17) is 4.42 Å². The molecule has 0 aliphatic rings. The Labute approximate surface area is 99.5 Å². The fourth-order valence-corrected chi connectivity index (χ4v) is 2.51. The Bertz CT molecular complexity index is 422. The van der Waals surface area contributed by atoms with Gasteiger partial charge in [0.2, 0.25) is 0 Å². The van der Waals surface area contributed by atoms with E-state index in [1.807, 2.05) is 12.3 Å². The van der Waals surface area contributed by atoms with Crippen molar-refractivity contribution in [2.45, 2.75) is 32.9 Å². The monoisotopic (exact) mass is 236 g/mol. The summed E-state index contributed by atoms with van der Waals surface area (Å²) in [7, 11) is 0. The zero-order valence-electron chi connectivity index (χ0n) is 9.56. The quantitative estimate of drug-likeness (QED) is 0.865. The number of furan rings is 1. The standard InChI is InChI=1S/C12H16N2OS/c1-3-11(12-14-6-9(2)16-12)13-7-10-4-5-15-8-10/h4-6,8,11,13H,3,7H2,1-2H3. The first-order valence-corrected chi connectivity index (χ1v) is 6.28. The van der Waals surface area contributed by atoms with Crippen molar-refractivity contribution >= 4 is 11.3 Å². The lowest BCUT2D eigenvalue weighted by atomic mass is 10.2. The van der Waals surface area contributed by atoms with Crippen LogP contribution in [-0.2, 0) is 6.54 Å². The van der Waals surface area contributed by atoms with Crippen molar-refractivity contribution in [3.8, 4) is 0 Å². The first-order valence-electron chi connectivity index (χ1n) is 5.46. The molecule has 0 spiro atoms. The zero-order chi connectivity index (χ0) is 11.4. The van der Waals surface area contributed by atoms with Gasteiger partial charge < -0.3 is 9.73 Å². The van der Waals surface area contributed by atoms with Gasteiger partial charge in [0.15, 0.2) is 0 Å². The number of rotatable bonds is 5. The van der Waals surface area contributed by atoms with Crippen LogP contribution in [0, 0.1) is 6.92 Å². The number of nitrogens with zero attached hydrogens (tertiary/aromatic N) is 1. The molecule has 0 bridgehead atoms. The van der Waals surface area contributed by atoms with Gasteiger partial charge in [0.25, 0.3) is 0 Å². The van der Waals surface area contributed by atoms with E-state index in [-0.39, 0.29) is 0 Å². The molecular formula is C12H16N2OS. The maximum Gasteiger partial charge on any atom is 0.110 e. The Hall–Kier alpha value is -1.13. The topological polar surface area (TPSA) is 38.1 Å². The predicted octanol–water partition coefficient (Wildman–Crippen LogP) is 3.29. The highest BCUT2D eigenvalue weighted by Crippen LogP contribution is 2.22. The second-order valence-corrected chi connectivity index (χ2v) is 5.05. The summed E-state index contributed by atoms with van der Waals surface area (Å²) in [6.45, 7) is 5.08. The highest BCUT2D eigenvalue weighted by molar-refractivity contribution is 7.11. The van der Waals surface area contributed by atoms with Crippen molar-refractivity contribution in [1.82, 2.24) is 10.3 Å². The second-order valence-electron chi connectivity index (χ2n) is 3.78. The van der Waals surface area contributed by atoms with Gasteiger partial charge in [0.05, 0.1) is 18.6 Å². The number of aromatic nitrogens is 1. The predicted molar refractivity (Wildman–Crippen MR) is 65.4 cm³/mol. The van der Waals surface area contributed by atoms with Gasteiger partial charge >= 0.3 is 0 Å². The van der Waals surface area contributed by atoms with Gasteiger partial charge in [-0.25, -0.2) is 4.98 Å². The molecule has 0 fully saturated rings. The van der Waals surface area contributed by atoms with Gasteiger partial charge in [-0.15, -0.1) is 11.3 Å². The molecule has 0 aromatic carbocycles. The molecule has 2 rings (SSSR count). The molecule has 1 N–H and O–H groups in total. The Balaban J connectivity index is 1.96. The largest absolute Gasteiger partial charge is 0.472 e. The minimum atomic E-state index is 0.341. The second kappa shape index (κ2) is 5.27. The fraction of sp³-hybridized carbons (Fsp3) is 0.417. The summed E-state index contributed by atoms with van der Waals surface area (Å²) in [4.78, 5) is 5.68. The van der Waals surface area contributed by atoms with Crippen molar-refractivity contribution in [2.24, 2.45) is 0 Å². The van der Waals surface area contributed by atoms with Crippen LogP contribution in [-0.4, -0.2) is 4.98 Å². The van der Waals surface area contributed by atoms with E-state index < -0.39 is 0 Å². The number of hydrogen-bond acceptors (Lipinski definition) is 4. The third-order valence-electron chi connectivity index (χ3n) is 2.48. The van der Waals surface area contributed by atoms with E-state index in [1.54, 1.807) is 23.9 Å². The average molecular weight is 236 g/mol. The van der Waals surface area contributed by atoms with E-state index in [9.17, 15) is 0 Å². The van der Waals surface area contributed by atoms with Crippen molar-refractivity contribution in [3.05, 3.63) is 40.2 Å². The molecule has 2 aromatic rings. The molecule has 2 heterocycles. The van der Waals surface area contributed by atoms with Crippen molar-refractivity contribution in [3.63, 3.8) is 0 Å². The Morgan fingerprint density at radius 2 is 2.44 bits per heavy atom. The number of aryl methyl sites for hydroxylation is 1. The van der Waals surface area contributed by atoms with Gasteiger partial charge in [0.1, 0.15) is 5.01 Å². The van der Waals surface area contributed by atoms with Crippen LogP contribution >= 0.6 is 11.3 Å². The summed E-state index contributed by atoms with van der Waals surface area (Å²) < 4.78 is 5.04. The Kier molecular flexibility index (Phi) is 3.74. The van der Waals surface area contributed by atoms with E-state index in [1.165, 1.54) is 15.4 Å². The summed E-state index contributed by atoms with van der Waals surface area (Å²) in [5.41, 5.74) is 1.17. The molecule has 3 nitrogen and oxygen atoms in total. The summed E-state index contributed by atoms with van der Waals surface area (Å²) in [6.07, 6.45) is 6.45. The Morgan fingerprint density at radius 3 is 3.00 bits per heavy atom. The van der Waals surface area contributed by atoms with Crippen LogP contribution in [0.3, 0.4) is 0 Å². The molecule has 2 aromatic heterocycles. The van der Waals surface area contributed by atoms with Crippen LogP contribution in [0.5, 0.6) is 0 Å². The van der Waals surface area contributed by atoms with E-state index in [0.717, 1.165) is 13.0 Å². The van der Waals surface area contributed by atoms with Gasteiger partial charge in [0, 0.05) is 23.2 Å². The van der Waals surface area contributed by atoms with E-state index >= 15 is 0 Å². The number of hydrogen-bond donors (Lipinski definition) is 1. The summed E-state index contributed by atoms with van der Waals surface area (Å²) >= 11 is 1.76. The van der Waals surface area contributed by atoms with Gasteiger partial charge in [-0.1, -0.05) is 6.92 Å². The lowest BCUT2D eigenvalue weighted by Crippen LogP contribution is -2.19. The van der Waals surface area contributed by atoms with Crippen LogP contribution in [0.2, 0.25) is 0 Å². The minimum absolute atomic E-state index is 0.341. The molecule has 86 valence electrons. The number of thiazole rings is 1. The van der Waals surface area contributed by atoms with Gasteiger partial charge in [-0.3, -0.25) is 0 Å². The highest BCUT2D eigenvalue weighted by Gasteiger charge is 2.12. The van der Waals surface area contributed by atoms with Gasteiger partial charge in [-0.2, -0.15) is 0 Å². The van der Waals surface area contributed by atoms with E-state index in [2.05, 4.69) is 24.1 Å². The van der Waals surface area contributed by atoms with Crippen LogP contribution in [0.4, 0.5) is 0 Å². The average Bonchev–Trinajstić information content (AvgIpc) is 2.91. The first kappa shape index (κ1) is 11.4. The molecule has 0 aliphatic carbocycles. The molecule has 0 aliphatic heterocycles. The zero-order valence-corrected chi connectivity index (χ0v) is 10.4. The van der Waals surface area contributed by atoms with Gasteiger partial charge in [-0.05, 0) is 19.4 Å². The smallest absolute Gasteiger partial charge is 0.110 e. The highest BCUT2D eigenvalue weighted by atomic mass is 32.1. The third-order valence-corrected chi connectivity index (χ3v) is 3.50. The molecule has 1 atom stereocenters. The molecule has 0 saturated carbocycles. The molecule has 0 amide bonds. The summed E-state index contributed by atoms with van der Waals surface area (Å²) in [5, 5.41) is 4.66. The van der Waals surface area contributed by atoms with Crippen molar-refractivity contribution in [2.75, 3.05) is 0 Å². The van der Waals surface area contributed by atoms with Crippen molar-refractivity contribution in [1.29, 1.82) is 0 Å². The molecule has 16 heavy (non-hydrogen) atoms. The summed E-state index contributed by atoms with van der Waals surface area (Å²) in [5.74, 6) is 0. The molecule has 0 radical (unpaired) electrons. The Morgan fingerprint density at radius 1 is 1.56 bits per heavy atom. The normalized spacial score (nSPS) is 12.9. The fourth-order valence-electron chi connectivity index (χ4n) is 1.57. The molecule has 0 saturated heterocycles. The maximum absolute atomic E-state index is 5.04.